The Morgan fingerprint density at radius 2 is 2.06 bits per heavy atom. The average molecular weight is 428 g/mol. The number of nitrogens with zero attached hydrogens (tertiary/aromatic N) is 2. The number of rotatable bonds is 9. The molecule has 1 N–H and O–H groups in total. The minimum Gasteiger partial charge on any atom is -0.485 e. The minimum atomic E-state index is -0.335. The van der Waals surface area contributed by atoms with Gasteiger partial charge in [-0.1, -0.05) is 54.1 Å². The Kier molecular flexibility index (Phi) is 6.51. The third-order valence-corrected chi connectivity index (χ3v) is 4.91. The molecule has 0 radical (unpaired) electrons. The molecule has 4 aromatic rings. The zero-order valence-electron chi connectivity index (χ0n) is 18.0. The SMILES string of the molecule is C=CCc1ccccc1OCc1ccc(C(=O)Nc2cnn(Cc3cccc(C)c3)c2)o1. The lowest BCUT2D eigenvalue weighted by molar-refractivity contribution is 0.0992. The molecule has 0 bridgehead atoms. The highest BCUT2D eigenvalue weighted by atomic mass is 16.5. The molecular formula is C26H25N3O3. The van der Waals surface area contributed by atoms with Crippen LogP contribution in [0.4, 0.5) is 5.69 Å². The number of hydrogen-bond donors (Lipinski definition) is 1. The van der Waals surface area contributed by atoms with Gasteiger partial charge in [-0.25, -0.2) is 0 Å². The second-order valence-electron chi connectivity index (χ2n) is 7.52. The van der Waals surface area contributed by atoms with Crippen LogP contribution in [0.15, 0.2) is 90.1 Å². The molecule has 0 saturated heterocycles. The molecule has 0 aliphatic carbocycles. The van der Waals surface area contributed by atoms with Crippen molar-refractivity contribution in [2.24, 2.45) is 0 Å². The van der Waals surface area contributed by atoms with Gasteiger partial charge in [0.05, 0.1) is 18.4 Å². The third kappa shape index (κ3) is 5.35. The van der Waals surface area contributed by atoms with E-state index in [0.29, 0.717) is 18.0 Å². The number of furan rings is 1. The molecule has 2 aromatic heterocycles. The Hall–Kier alpha value is -4.06. The van der Waals surface area contributed by atoms with Crippen LogP contribution in [0.5, 0.6) is 5.75 Å². The van der Waals surface area contributed by atoms with Gasteiger partial charge in [-0.2, -0.15) is 5.10 Å². The van der Waals surface area contributed by atoms with Gasteiger partial charge < -0.3 is 14.5 Å². The van der Waals surface area contributed by atoms with Crippen LogP contribution in [0.3, 0.4) is 0 Å². The van der Waals surface area contributed by atoms with Crippen molar-refractivity contribution in [1.82, 2.24) is 9.78 Å². The van der Waals surface area contributed by atoms with Gasteiger partial charge in [-0.3, -0.25) is 9.48 Å². The number of anilines is 1. The third-order valence-electron chi connectivity index (χ3n) is 4.91. The van der Waals surface area contributed by atoms with Crippen LogP contribution in [-0.4, -0.2) is 15.7 Å². The smallest absolute Gasteiger partial charge is 0.291 e. The van der Waals surface area contributed by atoms with E-state index in [1.807, 2.05) is 36.4 Å². The molecule has 2 aromatic carbocycles. The fourth-order valence-electron chi connectivity index (χ4n) is 3.40. The summed E-state index contributed by atoms with van der Waals surface area (Å²) in [7, 11) is 0. The largest absolute Gasteiger partial charge is 0.485 e. The van der Waals surface area contributed by atoms with E-state index in [1.54, 1.807) is 29.2 Å². The van der Waals surface area contributed by atoms with E-state index in [2.05, 4.69) is 42.1 Å². The van der Waals surface area contributed by atoms with E-state index in [-0.39, 0.29) is 18.3 Å². The Bertz CT molecular complexity index is 1220. The lowest BCUT2D eigenvalue weighted by atomic mass is 10.1. The maximum atomic E-state index is 12.6. The number of carbonyl (C=O) groups is 1. The fraction of sp³-hybridized carbons (Fsp3) is 0.154. The number of aromatic nitrogens is 2. The van der Waals surface area contributed by atoms with Crippen LogP contribution >= 0.6 is 0 Å². The minimum absolute atomic E-state index is 0.217. The lowest BCUT2D eigenvalue weighted by Gasteiger charge is -2.08. The van der Waals surface area contributed by atoms with Crippen molar-refractivity contribution >= 4 is 11.6 Å². The second kappa shape index (κ2) is 9.83. The average Bonchev–Trinajstić information content (AvgIpc) is 3.43. The number of ether oxygens (including phenoxy) is 1. The van der Waals surface area contributed by atoms with Crippen molar-refractivity contribution in [2.45, 2.75) is 26.5 Å². The van der Waals surface area contributed by atoms with Crippen LogP contribution < -0.4 is 10.1 Å². The van der Waals surface area contributed by atoms with Crippen LogP contribution in [0.1, 0.15) is 33.0 Å². The number of hydrogen-bond acceptors (Lipinski definition) is 4. The van der Waals surface area contributed by atoms with Gasteiger partial charge in [0.25, 0.3) is 5.91 Å². The highest BCUT2D eigenvalue weighted by Gasteiger charge is 2.13. The van der Waals surface area contributed by atoms with Gasteiger partial charge in [-0.05, 0) is 42.7 Å². The highest BCUT2D eigenvalue weighted by molar-refractivity contribution is 6.02. The summed E-state index contributed by atoms with van der Waals surface area (Å²) in [5, 5.41) is 7.14. The van der Waals surface area contributed by atoms with E-state index in [9.17, 15) is 4.79 Å². The summed E-state index contributed by atoms with van der Waals surface area (Å²) in [5.41, 5.74) is 4.01. The first-order valence-corrected chi connectivity index (χ1v) is 10.4. The summed E-state index contributed by atoms with van der Waals surface area (Å²) >= 11 is 0. The van der Waals surface area contributed by atoms with Gasteiger partial charge >= 0.3 is 0 Å². The normalized spacial score (nSPS) is 10.7. The van der Waals surface area contributed by atoms with Crippen molar-refractivity contribution in [3.05, 3.63) is 114 Å². The summed E-state index contributed by atoms with van der Waals surface area (Å²) in [6.07, 6.45) is 5.97. The molecule has 0 aliphatic rings. The quantitative estimate of drug-likeness (QED) is 0.364. The standard InChI is InChI=1S/C26H25N3O3/c1-3-7-21-10-4-5-11-24(21)31-18-23-12-13-25(32-23)26(30)28-22-15-27-29(17-22)16-20-9-6-8-19(2)14-20/h3-6,8-15,17H,1,7,16,18H2,2H3,(H,28,30). The van der Waals surface area contributed by atoms with Crippen LogP contribution in [-0.2, 0) is 19.6 Å². The van der Waals surface area contributed by atoms with Crippen LogP contribution in [0.2, 0.25) is 0 Å². The Balaban J connectivity index is 1.34. The molecule has 4 rings (SSSR count). The van der Waals surface area contributed by atoms with E-state index in [0.717, 1.165) is 23.3 Å². The maximum absolute atomic E-state index is 12.6. The predicted octanol–water partition coefficient (Wildman–Crippen LogP) is 5.39. The van der Waals surface area contributed by atoms with Crippen molar-refractivity contribution in [1.29, 1.82) is 0 Å². The predicted molar refractivity (Wildman–Crippen MR) is 124 cm³/mol. The van der Waals surface area contributed by atoms with E-state index < -0.39 is 0 Å². The van der Waals surface area contributed by atoms with Crippen LogP contribution in [0, 0.1) is 6.92 Å². The van der Waals surface area contributed by atoms with Crippen molar-refractivity contribution in [3.63, 3.8) is 0 Å². The molecule has 0 aliphatic heterocycles. The molecule has 0 unspecified atom stereocenters. The first-order chi connectivity index (χ1) is 15.6. The fourth-order valence-corrected chi connectivity index (χ4v) is 3.40. The lowest BCUT2D eigenvalue weighted by Crippen LogP contribution is -2.10. The molecule has 0 fully saturated rings. The molecule has 32 heavy (non-hydrogen) atoms. The molecule has 6 heteroatoms. The number of amides is 1. The summed E-state index contributed by atoms with van der Waals surface area (Å²) in [6, 6.07) is 19.4. The summed E-state index contributed by atoms with van der Waals surface area (Å²) in [4.78, 5) is 12.6. The van der Waals surface area contributed by atoms with Gasteiger partial charge in [0.1, 0.15) is 18.1 Å². The summed E-state index contributed by atoms with van der Waals surface area (Å²) in [6.45, 7) is 6.69. The maximum Gasteiger partial charge on any atom is 0.291 e. The zero-order chi connectivity index (χ0) is 22.3. The number of allylic oxidation sites excluding steroid dienone is 1. The first kappa shape index (κ1) is 21.2. The second-order valence-corrected chi connectivity index (χ2v) is 7.52. The molecule has 2 heterocycles. The van der Waals surface area contributed by atoms with E-state index >= 15 is 0 Å². The molecule has 0 spiro atoms. The van der Waals surface area contributed by atoms with E-state index in [1.165, 1.54) is 5.56 Å². The molecule has 1 amide bonds. The molecule has 162 valence electrons. The molecule has 6 nitrogen and oxygen atoms in total. The number of nitrogens with one attached hydrogen (secondary N) is 1. The van der Waals surface area contributed by atoms with Crippen molar-refractivity contribution in [2.75, 3.05) is 5.32 Å². The summed E-state index contributed by atoms with van der Waals surface area (Å²) < 4.78 is 13.3. The number of aryl methyl sites for hydroxylation is 1. The molecule has 0 saturated carbocycles. The number of para-hydroxylation sites is 1. The molecular weight excluding hydrogens is 402 g/mol. The topological polar surface area (TPSA) is 69.3 Å². The number of carbonyl (C=O) groups excluding carboxylic acids is 1. The van der Waals surface area contributed by atoms with Crippen LogP contribution in [0.25, 0.3) is 0 Å². The zero-order valence-corrected chi connectivity index (χ0v) is 18.0. The van der Waals surface area contributed by atoms with Gasteiger partial charge in [0, 0.05) is 6.20 Å². The van der Waals surface area contributed by atoms with Gasteiger partial charge in [0.2, 0.25) is 0 Å². The Labute approximate surface area is 187 Å². The Morgan fingerprint density at radius 3 is 2.91 bits per heavy atom. The van der Waals surface area contributed by atoms with Gasteiger partial charge in [-0.15, -0.1) is 6.58 Å². The Morgan fingerprint density at radius 1 is 1.19 bits per heavy atom. The van der Waals surface area contributed by atoms with Crippen molar-refractivity contribution in [3.8, 4) is 5.75 Å². The summed E-state index contributed by atoms with van der Waals surface area (Å²) in [5.74, 6) is 1.22. The van der Waals surface area contributed by atoms with Crippen molar-refractivity contribution < 1.29 is 13.9 Å². The van der Waals surface area contributed by atoms with Gasteiger partial charge in [0.15, 0.2) is 5.76 Å². The van der Waals surface area contributed by atoms with E-state index in [4.69, 9.17) is 9.15 Å². The first-order valence-electron chi connectivity index (χ1n) is 10.4. The highest BCUT2D eigenvalue weighted by Crippen LogP contribution is 2.21. The monoisotopic (exact) mass is 427 g/mol. The molecule has 0 atom stereocenters. The number of benzene rings is 2.